The van der Waals surface area contributed by atoms with Crippen molar-refractivity contribution in [1.29, 1.82) is 5.26 Å². The van der Waals surface area contributed by atoms with Gasteiger partial charge in [-0.3, -0.25) is 4.90 Å². The number of hydrogen-bond donors (Lipinski definition) is 1. The average Bonchev–Trinajstić information content (AvgIpc) is 2.65. The quantitative estimate of drug-likeness (QED) is 0.647. The van der Waals surface area contributed by atoms with E-state index in [0.29, 0.717) is 19.1 Å². The maximum absolute atomic E-state index is 8.62. The molecular weight excluding hydrogens is 326 g/mol. The van der Waals surface area contributed by atoms with Crippen LogP contribution in [0.4, 0.5) is 0 Å². The van der Waals surface area contributed by atoms with Gasteiger partial charge in [-0.1, -0.05) is 13.0 Å². The molecule has 144 valence electrons. The number of nitrogens with one attached hydrogen (secondary N) is 1. The maximum Gasteiger partial charge on any atom is 0.161 e. The molecule has 2 rings (SSSR count). The molecule has 0 spiro atoms. The Bertz CT molecular complexity index is 585. The zero-order valence-corrected chi connectivity index (χ0v) is 16.5. The Balaban J connectivity index is 1.81. The lowest BCUT2D eigenvalue weighted by Gasteiger charge is -2.35. The Morgan fingerprint density at radius 1 is 1.38 bits per heavy atom. The van der Waals surface area contributed by atoms with Gasteiger partial charge < -0.3 is 14.8 Å². The van der Waals surface area contributed by atoms with Crippen LogP contribution in [0.1, 0.15) is 45.1 Å². The summed E-state index contributed by atoms with van der Waals surface area (Å²) in [6.07, 6.45) is 3.92. The number of methoxy groups -OCH3 is 1. The molecular formula is C21H33N3O2. The summed E-state index contributed by atoms with van der Waals surface area (Å²) in [6.45, 7) is 9.42. The molecule has 1 aromatic carbocycles. The van der Waals surface area contributed by atoms with Crippen molar-refractivity contribution < 1.29 is 9.47 Å². The number of nitriles is 1. The highest BCUT2D eigenvalue weighted by Gasteiger charge is 2.20. The van der Waals surface area contributed by atoms with E-state index in [1.165, 1.54) is 31.5 Å². The third-order valence-corrected chi connectivity index (χ3v) is 5.00. The minimum absolute atomic E-state index is 0.510. The summed E-state index contributed by atoms with van der Waals surface area (Å²) in [6, 6.07) is 8.75. The first-order valence-electron chi connectivity index (χ1n) is 9.75. The van der Waals surface area contributed by atoms with Crippen LogP contribution >= 0.6 is 0 Å². The van der Waals surface area contributed by atoms with Gasteiger partial charge in [0.05, 0.1) is 19.8 Å². The molecule has 5 heteroatoms. The fraction of sp³-hybridized carbons (Fsp3) is 0.667. The monoisotopic (exact) mass is 359 g/mol. The van der Waals surface area contributed by atoms with Crippen LogP contribution in [0.25, 0.3) is 0 Å². The molecule has 0 bridgehead atoms. The number of nitrogens with zero attached hydrogens (tertiary/aromatic N) is 2. The fourth-order valence-corrected chi connectivity index (χ4v) is 3.46. The molecule has 1 aromatic rings. The largest absolute Gasteiger partial charge is 0.493 e. The highest BCUT2D eigenvalue weighted by molar-refractivity contribution is 5.42. The summed E-state index contributed by atoms with van der Waals surface area (Å²) in [5.74, 6) is 2.30. The molecule has 2 unspecified atom stereocenters. The molecule has 1 heterocycles. The minimum Gasteiger partial charge on any atom is -0.493 e. The molecule has 1 saturated heterocycles. The van der Waals surface area contributed by atoms with E-state index in [4.69, 9.17) is 14.7 Å². The highest BCUT2D eigenvalue weighted by atomic mass is 16.5. The van der Waals surface area contributed by atoms with E-state index < -0.39 is 0 Å². The Hall–Kier alpha value is -1.77. The van der Waals surface area contributed by atoms with E-state index >= 15 is 0 Å². The number of piperidine rings is 1. The number of unbranched alkanes of at least 4 members (excludes halogenated alkanes) is 1. The van der Waals surface area contributed by atoms with E-state index in [1.807, 2.05) is 12.1 Å². The van der Waals surface area contributed by atoms with Gasteiger partial charge in [-0.25, -0.2) is 0 Å². The smallest absolute Gasteiger partial charge is 0.161 e. The second-order valence-corrected chi connectivity index (χ2v) is 7.32. The predicted octanol–water partition coefficient (Wildman–Crippen LogP) is 3.59. The maximum atomic E-state index is 8.62. The van der Waals surface area contributed by atoms with E-state index in [1.54, 1.807) is 7.11 Å². The summed E-state index contributed by atoms with van der Waals surface area (Å²) < 4.78 is 11.2. The molecule has 2 atom stereocenters. The van der Waals surface area contributed by atoms with Crippen molar-refractivity contribution >= 4 is 0 Å². The number of benzene rings is 1. The van der Waals surface area contributed by atoms with Crippen molar-refractivity contribution in [2.24, 2.45) is 5.92 Å². The summed E-state index contributed by atoms with van der Waals surface area (Å²) >= 11 is 0. The van der Waals surface area contributed by atoms with Crippen LogP contribution in [-0.4, -0.2) is 44.3 Å². The summed E-state index contributed by atoms with van der Waals surface area (Å²) in [4.78, 5) is 2.60. The van der Waals surface area contributed by atoms with Crippen LogP contribution in [0, 0.1) is 17.2 Å². The van der Waals surface area contributed by atoms with Crippen molar-refractivity contribution in [3.8, 4) is 17.6 Å². The second kappa shape index (κ2) is 11.1. The van der Waals surface area contributed by atoms with E-state index in [-0.39, 0.29) is 0 Å². The van der Waals surface area contributed by atoms with E-state index in [0.717, 1.165) is 36.9 Å². The van der Waals surface area contributed by atoms with Gasteiger partial charge in [0, 0.05) is 32.1 Å². The van der Waals surface area contributed by atoms with Gasteiger partial charge in [-0.15, -0.1) is 0 Å². The van der Waals surface area contributed by atoms with Gasteiger partial charge in [0.2, 0.25) is 0 Å². The highest BCUT2D eigenvalue weighted by Crippen LogP contribution is 2.28. The predicted molar refractivity (Wildman–Crippen MR) is 104 cm³/mol. The molecule has 0 saturated carbocycles. The van der Waals surface area contributed by atoms with Gasteiger partial charge in [0.1, 0.15) is 0 Å². The van der Waals surface area contributed by atoms with Crippen LogP contribution in [0.5, 0.6) is 11.5 Å². The first-order chi connectivity index (χ1) is 12.6. The molecule has 0 aromatic heterocycles. The first-order valence-corrected chi connectivity index (χ1v) is 9.75. The van der Waals surface area contributed by atoms with Crippen LogP contribution in [-0.2, 0) is 6.54 Å². The number of likely N-dealkylation sites (tertiary alicyclic amines) is 1. The number of rotatable bonds is 10. The fourth-order valence-electron chi connectivity index (χ4n) is 3.46. The molecule has 1 fully saturated rings. The van der Waals surface area contributed by atoms with Crippen molar-refractivity contribution in [1.82, 2.24) is 10.2 Å². The molecule has 5 nitrogen and oxygen atoms in total. The van der Waals surface area contributed by atoms with Crippen LogP contribution in [0.2, 0.25) is 0 Å². The average molecular weight is 360 g/mol. The van der Waals surface area contributed by atoms with Gasteiger partial charge in [0.25, 0.3) is 0 Å². The second-order valence-electron chi connectivity index (χ2n) is 7.32. The number of ether oxygens (including phenoxy) is 2. The van der Waals surface area contributed by atoms with Crippen LogP contribution in [0.3, 0.4) is 0 Å². The molecule has 0 amide bonds. The van der Waals surface area contributed by atoms with E-state index in [2.05, 4.69) is 36.2 Å². The summed E-state index contributed by atoms with van der Waals surface area (Å²) in [5, 5.41) is 12.2. The van der Waals surface area contributed by atoms with Gasteiger partial charge in [-0.05, 0) is 56.3 Å². The Kier molecular flexibility index (Phi) is 8.73. The zero-order valence-electron chi connectivity index (χ0n) is 16.5. The van der Waals surface area contributed by atoms with Crippen molar-refractivity contribution in [2.45, 2.75) is 52.1 Å². The molecule has 0 radical (unpaired) electrons. The molecule has 26 heavy (non-hydrogen) atoms. The SMILES string of the molecule is COc1ccc(CNCC(C)N2CCCC(C)C2)cc1OCCCC#N. The van der Waals surface area contributed by atoms with Crippen molar-refractivity contribution in [2.75, 3.05) is 33.4 Å². The topological polar surface area (TPSA) is 57.5 Å². The zero-order chi connectivity index (χ0) is 18.8. The lowest BCUT2D eigenvalue weighted by Crippen LogP contribution is -2.45. The molecule has 0 aliphatic carbocycles. The lowest BCUT2D eigenvalue weighted by atomic mass is 9.99. The van der Waals surface area contributed by atoms with Gasteiger partial charge >= 0.3 is 0 Å². The Labute approximate surface area is 158 Å². The van der Waals surface area contributed by atoms with E-state index in [9.17, 15) is 0 Å². The van der Waals surface area contributed by atoms with Crippen LogP contribution in [0.15, 0.2) is 18.2 Å². The standard InChI is InChI=1S/C21H33N3O2/c1-17-7-6-11-24(16-17)18(2)14-23-15-19-8-9-20(25-3)21(13-19)26-12-5-4-10-22/h8-9,13,17-18,23H,4-7,11-12,14-16H2,1-3H3. The minimum atomic E-state index is 0.510. The molecule has 1 N–H and O–H groups in total. The third-order valence-electron chi connectivity index (χ3n) is 5.00. The first kappa shape index (κ1) is 20.5. The normalized spacial score (nSPS) is 18.9. The summed E-state index contributed by atoms with van der Waals surface area (Å²) in [5.41, 5.74) is 1.18. The van der Waals surface area contributed by atoms with Crippen molar-refractivity contribution in [3.63, 3.8) is 0 Å². The molecule has 1 aliphatic rings. The third kappa shape index (κ3) is 6.51. The Morgan fingerprint density at radius 2 is 2.23 bits per heavy atom. The number of hydrogen-bond acceptors (Lipinski definition) is 5. The summed E-state index contributed by atoms with van der Waals surface area (Å²) in [7, 11) is 1.65. The molecule has 1 aliphatic heterocycles. The van der Waals surface area contributed by atoms with Gasteiger partial charge in [-0.2, -0.15) is 5.26 Å². The lowest BCUT2D eigenvalue weighted by molar-refractivity contribution is 0.136. The Morgan fingerprint density at radius 3 is 2.96 bits per heavy atom. The van der Waals surface area contributed by atoms with Crippen LogP contribution < -0.4 is 14.8 Å². The van der Waals surface area contributed by atoms with Gasteiger partial charge in [0.15, 0.2) is 11.5 Å². The van der Waals surface area contributed by atoms with Crippen molar-refractivity contribution in [3.05, 3.63) is 23.8 Å².